The Kier molecular flexibility index (Phi) is 5.30. The third kappa shape index (κ3) is 3.61. The van der Waals surface area contributed by atoms with Crippen LogP contribution < -0.4 is 0 Å². The summed E-state index contributed by atoms with van der Waals surface area (Å²) in [5.74, 6) is -0.329. The molecular weight excluding hydrogens is 164 g/mol. The van der Waals surface area contributed by atoms with E-state index < -0.39 is 5.97 Å². The summed E-state index contributed by atoms with van der Waals surface area (Å²) >= 11 is 5.48. The molecule has 0 spiro atoms. The van der Waals surface area contributed by atoms with Crippen molar-refractivity contribution in [1.29, 1.82) is 0 Å². The predicted octanol–water partition coefficient (Wildman–Crippen LogP) is 2.36. The summed E-state index contributed by atoms with van der Waals surface area (Å²) in [6.45, 7) is 3.94. The van der Waals surface area contributed by atoms with Crippen molar-refractivity contribution in [1.82, 2.24) is 0 Å². The molecule has 2 atom stereocenters. The highest BCUT2D eigenvalue weighted by molar-refractivity contribution is 6.17. The summed E-state index contributed by atoms with van der Waals surface area (Å²) in [5, 5.41) is 8.75. The van der Waals surface area contributed by atoms with Gasteiger partial charge in [-0.05, 0) is 12.3 Å². The summed E-state index contributed by atoms with van der Waals surface area (Å²) in [5.41, 5.74) is 0. The topological polar surface area (TPSA) is 37.3 Å². The van der Waals surface area contributed by atoms with Crippen LogP contribution in [0, 0.1) is 11.8 Å². The molecule has 0 aliphatic heterocycles. The van der Waals surface area contributed by atoms with Crippen molar-refractivity contribution >= 4 is 17.6 Å². The van der Waals surface area contributed by atoms with Gasteiger partial charge >= 0.3 is 5.97 Å². The van der Waals surface area contributed by atoms with Crippen LogP contribution in [0.25, 0.3) is 0 Å². The molecule has 3 heteroatoms. The molecule has 1 N–H and O–H groups in total. The van der Waals surface area contributed by atoms with Crippen LogP contribution in [-0.2, 0) is 4.79 Å². The average molecular weight is 179 g/mol. The van der Waals surface area contributed by atoms with Crippen LogP contribution in [0.5, 0.6) is 0 Å². The Labute approximate surface area is 72.6 Å². The number of aliphatic carboxylic acids is 1. The minimum absolute atomic E-state index is 0.228. The number of carboxylic acid groups (broad SMARTS) is 1. The lowest BCUT2D eigenvalue weighted by molar-refractivity contribution is -0.143. The maximum absolute atomic E-state index is 10.6. The van der Waals surface area contributed by atoms with Gasteiger partial charge in [-0.15, -0.1) is 11.6 Å². The van der Waals surface area contributed by atoms with Gasteiger partial charge in [-0.1, -0.05) is 20.3 Å². The van der Waals surface area contributed by atoms with Crippen molar-refractivity contribution < 1.29 is 9.90 Å². The van der Waals surface area contributed by atoms with Crippen LogP contribution >= 0.6 is 11.6 Å². The molecular formula is C8H15ClO2. The highest BCUT2D eigenvalue weighted by Crippen LogP contribution is 2.19. The number of halogens is 1. The van der Waals surface area contributed by atoms with Gasteiger partial charge in [-0.3, -0.25) is 4.79 Å². The Hall–Kier alpha value is -0.240. The lowest BCUT2D eigenvalue weighted by Gasteiger charge is -2.16. The van der Waals surface area contributed by atoms with Crippen LogP contribution in [0.1, 0.15) is 26.7 Å². The minimum atomic E-state index is -0.722. The molecule has 0 heterocycles. The molecule has 0 saturated heterocycles. The molecule has 11 heavy (non-hydrogen) atoms. The first-order valence-corrected chi connectivity index (χ1v) is 4.45. The molecule has 0 fully saturated rings. The van der Waals surface area contributed by atoms with Crippen LogP contribution in [0.4, 0.5) is 0 Å². The molecule has 0 radical (unpaired) electrons. The molecule has 0 aliphatic rings. The van der Waals surface area contributed by atoms with Crippen LogP contribution in [0.2, 0.25) is 0 Å². The van der Waals surface area contributed by atoms with E-state index in [2.05, 4.69) is 0 Å². The van der Waals surface area contributed by atoms with Crippen molar-refractivity contribution in [2.75, 3.05) is 5.88 Å². The molecule has 0 saturated carbocycles. The minimum Gasteiger partial charge on any atom is -0.481 e. The maximum Gasteiger partial charge on any atom is 0.306 e. The molecule has 2 unspecified atom stereocenters. The highest BCUT2D eigenvalue weighted by Gasteiger charge is 2.22. The van der Waals surface area contributed by atoms with Gasteiger partial charge in [0, 0.05) is 5.88 Å². The van der Waals surface area contributed by atoms with Crippen LogP contribution in [0.15, 0.2) is 0 Å². The van der Waals surface area contributed by atoms with Crippen molar-refractivity contribution in [3.05, 3.63) is 0 Å². The molecule has 0 bridgehead atoms. The van der Waals surface area contributed by atoms with Gasteiger partial charge < -0.3 is 5.11 Å². The zero-order valence-corrected chi connectivity index (χ0v) is 7.77. The number of hydrogen-bond donors (Lipinski definition) is 1. The Morgan fingerprint density at radius 2 is 2.18 bits per heavy atom. The first kappa shape index (κ1) is 10.8. The Morgan fingerprint density at radius 1 is 1.64 bits per heavy atom. The fraction of sp³-hybridized carbons (Fsp3) is 0.875. The van der Waals surface area contributed by atoms with Crippen molar-refractivity contribution in [3.8, 4) is 0 Å². The number of rotatable bonds is 5. The molecule has 0 aromatic heterocycles. The zero-order chi connectivity index (χ0) is 8.85. The van der Waals surface area contributed by atoms with E-state index >= 15 is 0 Å². The predicted molar refractivity (Wildman–Crippen MR) is 45.9 cm³/mol. The van der Waals surface area contributed by atoms with E-state index in [1.54, 1.807) is 0 Å². The van der Waals surface area contributed by atoms with Crippen molar-refractivity contribution in [2.45, 2.75) is 26.7 Å². The van der Waals surface area contributed by atoms with E-state index in [0.717, 1.165) is 6.42 Å². The fourth-order valence-corrected chi connectivity index (χ4v) is 1.29. The average Bonchev–Trinajstić information content (AvgIpc) is 1.98. The van der Waals surface area contributed by atoms with Gasteiger partial charge in [-0.2, -0.15) is 0 Å². The molecule has 66 valence electrons. The van der Waals surface area contributed by atoms with Gasteiger partial charge in [0.2, 0.25) is 0 Å². The van der Waals surface area contributed by atoms with Crippen molar-refractivity contribution in [3.63, 3.8) is 0 Å². The Bertz CT molecular complexity index is 125. The zero-order valence-electron chi connectivity index (χ0n) is 7.01. The number of carbonyl (C=O) groups is 1. The highest BCUT2D eigenvalue weighted by atomic mass is 35.5. The normalized spacial score (nSPS) is 15.9. The summed E-state index contributed by atoms with van der Waals surface area (Å²) in [4.78, 5) is 10.6. The second-order valence-electron chi connectivity index (χ2n) is 2.81. The van der Waals surface area contributed by atoms with Crippen molar-refractivity contribution in [2.24, 2.45) is 11.8 Å². The first-order valence-electron chi connectivity index (χ1n) is 3.92. The van der Waals surface area contributed by atoms with Gasteiger partial charge in [-0.25, -0.2) is 0 Å². The summed E-state index contributed by atoms with van der Waals surface area (Å²) in [7, 11) is 0. The summed E-state index contributed by atoms with van der Waals surface area (Å²) < 4.78 is 0. The van der Waals surface area contributed by atoms with E-state index in [1.165, 1.54) is 0 Å². The van der Waals surface area contributed by atoms with Gasteiger partial charge in [0.05, 0.1) is 5.92 Å². The molecule has 0 aliphatic carbocycles. The quantitative estimate of drug-likeness (QED) is 0.657. The SMILES string of the molecule is CCC(C)C(CCCl)C(=O)O. The van der Waals surface area contributed by atoms with Crippen LogP contribution in [0.3, 0.4) is 0 Å². The third-order valence-corrected chi connectivity index (χ3v) is 2.29. The number of alkyl halides is 1. The number of hydrogen-bond acceptors (Lipinski definition) is 1. The Balaban J connectivity index is 3.97. The van der Waals surface area contributed by atoms with Gasteiger partial charge in [0.15, 0.2) is 0 Å². The first-order chi connectivity index (χ1) is 5.13. The monoisotopic (exact) mass is 178 g/mol. The molecule has 0 amide bonds. The lowest BCUT2D eigenvalue weighted by Crippen LogP contribution is -2.21. The van der Waals surface area contributed by atoms with E-state index in [9.17, 15) is 4.79 Å². The van der Waals surface area contributed by atoms with E-state index in [-0.39, 0.29) is 11.8 Å². The Morgan fingerprint density at radius 3 is 2.45 bits per heavy atom. The van der Waals surface area contributed by atoms with Gasteiger partial charge in [0.25, 0.3) is 0 Å². The van der Waals surface area contributed by atoms with E-state index in [1.807, 2.05) is 13.8 Å². The van der Waals surface area contributed by atoms with Crippen LogP contribution in [-0.4, -0.2) is 17.0 Å². The molecule has 0 rings (SSSR count). The molecule has 2 nitrogen and oxygen atoms in total. The lowest BCUT2D eigenvalue weighted by atomic mass is 9.90. The van der Waals surface area contributed by atoms with E-state index in [4.69, 9.17) is 16.7 Å². The maximum atomic E-state index is 10.6. The molecule has 0 aromatic carbocycles. The standard InChI is InChI=1S/C8H15ClO2/c1-3-6(2)7(4-5-9)8(10)11/h6-7H,3-5H2,1-2H3,(H,10,11). The van der Waals surface area contributed by atoms with Gasteiger partial charge in [0.1, 0.15) is 0 Å². The van der Waals surface area contributed by atoms with E-state index in [0.29, 0.717) is 12.3 Å². The smallest absolute Gasteiger partial charge is 0.306 e. The number of carboxylic acids is 1. The second-order valence-corrected chi connectivity index (χ2v) is 3.19. The fourth-order valence-electron chi connectivity index (χ4n) is 1.05. The second kappa shape index (κ2) is 5.42. The summed E-state index contributed by atoms with van der Waals surface area (Å²) in [6.07, 6.45) is 1.47. The summed E-state index contributed by atoms with van der Waals surface area (Å²) in [6, 6.07) is 0. The third-order valence-electron chi connectivity index (χ3n) is 2.07. The largest absolute Gasteiger partial charge is 0.481 e. The molecule has 0 aromatic rings.